The van der Waals surface area contributed by atoms with Crippen molar-refractivity contribution in [2.24, 2.45) is 0 Å². The van der Waals surface area contributed by atoms with Crippen molar-refractivity contribution >= 4 is 29.9 Å². The molecular weight excluding hydrogens is 228 g/mol. The third kappa shape index (κ3) is 4.71. The van der Waals surface area contributed by atoms with E-state index < -0.39 is 0 Å². The molecule has 0 fully saturated rings. The van der Waals surface area contributed by atoms with Gasteiger partial charge in [0.15, 0.2) is 0 Å². The number of ether oxygens (including phenoxy) is 1. The van der Waals surface area contributed by atoms with Crippen LogP contribution < -0.4 is 0 Å². The molecule has 1 rings (SSSR count). The number of hydrogen-bond donors (Lipinski definition) is 1. The molecule has 0 aliphatic carbocycles. The fraction of sp³-hybridized carbons (Fsp3) is 0.545. The van der Waals surface area contributed by atoms with Crippen molar-refractivity contribution in [2.75, 3.05) is 6.61 Å². The van der Waals surface area contributed by atoms with E-state index in [9.17, 15) is 4.79 Å². The number of esters is 1. The summed E-state index contributed by atoms with van der Waals surface area (Å²) >= 11 is 5.51. The maximum atomic E-state index is 11.4. The molecule has 84 valence electrons. The molecule has 0 saturated heterocycles. The molecule has 0 aliphatic rings. The number of thiophene rings is 1. The van der Waals surface area contributed by atoms with E-state index in [1.165, 1.54) is 24.2 Å². The van der Waals surface area contributed by atoms with Crippen LogP contribution in [0.3, 0.4) is 0 Å². The Morgan fingerprint density at radius 2 is 2.27 bits per heavy atom. The third-order valence-electron chi connectivity index (χ3n) is 2.02. The Hall–Kier alpha value is -0.480. The van der Waals surface area contributed by atoms with Gasteiger partial charge in [-0.2, -0.15) is 0 Å². The monoisotopic (exact) mass is 244 g/mol. The molecule has 0 spiro atoms. The van der Waals surface area contributed by atoms with Gasteiger partial charge in [0.05, 0.1) is 6.61 Å². The summed E-state index contributed by atoms with van der Waals surface area (Å²) < 4.78 is 5.13. The lowest BCUT2D eigenvalue weighted by molar-refractivity contribution is 0.0503. The van der Waals surface area contributed by atoms with Crippen molar-refractivity contribution in [2.45, 2.75) is 37.5 Å². The van der Waals surface area contributed by atoms with Crippen molar-refractivity contribution in [3.8, 4) is 0 Å². The largest absolute Gasteiger partial charge is 0.462 e. The van der Waals surface area contributed by atoms with Gasteiger partial charge in [0, 0.05) is 10.3 Å². The van der Waals surface area contributed by atoms with E-state index in [-0.39, 0.29) is 5.97 Å². The first kappa shape index (κ1) is 12.6. The number of carbonyl (C=O) groups is 1. The Morgan fingerprint density at radius 3 is 2.87 bits per heavy atom. The highest BCUT2D eigenvalue weighted by Crippen LogP contribution is 2.18. The highest BCUT2D eigenvalue weighted by Gasteiger charge is 2.08. The fourth-order valence-corrected chi connectivity index (χ4v) is 2.24. The van der Waals surface area contributed by atoms with Crippen LogP contribution in [-0.4, -0.2) is 12.6 Å². The van der Waals surface area contributed by atoms with Gasteiger partial charge in [-0.3, -0.25) is 0 Å². The SMILES string of the molecule is CCCCCCOC(=O)c1cc(S)cs1. The zero-order valence-corrected chi connectivity index (χ0v) is 10.6. The first-order valence-corrected chi connectivity index (χ1v) is 6.51. The van der Waals surface area contributed by atoms with Crippen molar-refractivity contribution in [3.05, 3.63) is 16.3 Å². The van der Waals surface area contributed by atoms with Crippen molar-refractivity contribution < 1.29 is 9.53 Å². The quantitative estimate of drug-likeness (QED) is 0.468. The fourth-order valence-electron chi connectivity index (χ4n) is 1.20. The van der Waals surface area contributed by atoms with Gasteiger partial charge < -0.3 is 4.74 Å². The lowest BCUT2D eigenvalue weighted by Gasteiger charge is -2.02. The molecule has 0 radical (unpaired) electrons. The molecule has 0 N–H and O–H groups in total. The average molecular weight is 244 g/mol. The Morgan fingerprint density at radius 1 is 1.47 bits per heavy atom. The Balaban J connectivity index is 2.19. The van der Waals surface area contributed by atoms with Crippen LogP contribution in [0.4, 0.5) is 0 Å². The number of hydrogen-bond acceptors (Lipinski definition) is 4. The molecule has 0 aliphatic heterocycles. The molecule has 0 amide bonds. The van der Waals surface area contributed by atoms with Gasteiger partial charge in [-0.15, -0.1) is 24.0 Å². The molecule has 1 heterocycles. The molecule has 1 aromatic heterocycles. The van der Waals surface area contributed by atoms with Gasteiger partial charge >= 0.3 is 5.97 Å². The molecule has 0 atom stereocenters. The van der Waals surface area contributed by atoms with E-state index in [0.717, 1.165) is 17.7 Å². The highest BCUT2D eigenvalue weighted by molar-refractivity contribution is 7.80. The molecule has 4 heteroatoms. The van der Waals surface area contributed by atoms with Crippen LogP contribution in [0.1, 0.15) is 42.3 Å². The number of rotatable bonds is 6. The summed E-state index contributed by atoms with van der Waals surface area (Å²) in [7, 11) is 0. The van der Waals surface area contributed by atoms with Gasteiger partial charge in [0.2, 0.25) is 0 Å². The van der Waals surface area contributed by atoms with Crippen LogP contribution in [-0.2, 0) is 4.74 Å². The minimum atomic E-state index is -0.225. The summed E-state index contributed by atoms with van der Waals surface area (Å²) in [5.74, 6) is -0.225. The lowest BCUT2D eigenvalue weighted by atomic mass is 10.2. The number of carbonyl (C=O) groups excluding carboxylic acids is 1. The minimum Gasteiger partial charge on any atom is -0.462 e. The maximum Gasteiger partial charge on any atom is 0.348 e. The third-order valence-corrected chi connectivity index (χ3v) is 3.36. The van der Waals surface area contributed by atoms with E-state index in [0.29, 0.717) is 11.5 Å². The minimum absolute atomic E-state index is 0.225. The van der Waals surface area contributed by atoms with E-state index in [4.69, 9.17) is 4.74 Å². The first-order chi connectivity index (χ1) is 7.24. The first-order valence-electron chi connectivity index (χ1n) is 5.18. The summed E-state index contributed by atoms with van der Waals surface area (Å²) in [5.41, 5.74) is 0. The zero-order valence-electron chi connectivity index (χ0n) is 8.86. The van der Waals surface area contributed by atoms with Gasteiger partial charge in [-0.1, -0.05) is 26.2 Å². The van der Waals surface area contributed by atoms with Crippen molar-refractivity contribution in [3.63, 3.8) is 0 Å². The predicted molar refractivity (Wildman–Crippen MR) is 66.0 cm³/mol. The number of unbranched alkanes of at least 4 members (excludes halogenated alkanes) is 3. The summed E-state index contributed by atoms with van der Waals surface area (Å²) in [6.07, 6.45) is 4.49. The van der Waals surface area contributed by atoms with Crippen LogP contribution in [0.5, 0.6) is 0 Å². The summed E-state index contributed by atoms with van der Waals surface area (Å²) in [6, 6.07) is 1.74. The molecular formula is C11H16O2S2. The van der Waals surface area contributed by atoms with Crippen LogP contribution in [0, 0.1) is 0 Å². The second kappa shape index (κ2) is 6.90. The van der Waals surface area contributed by atoms with Gasteiger partial charge in [0.25, 0.3) is 0 Å². The van der Waals surface area contributed by atoms with Gasteiger partial charge in [0.1, 0.15) is 4.88 Å². The van der Waals surface area contributed by atoms with Crippen LogP contribution >= 0.6 is 24.0 Å². The standard InChI is InChI=1S/C11H16O2S2/c1-2-3-4-5-6-13-11(12)10-7-9(14)8-15-10/h7-8,14H,2-6H2,1H3. The Labute approximate surface area is 100 Å². The zero-order chi connectivity index (χ0) is 11.1. The average Bonchev–Trinajstić information content (AvgIpc) is 2.64. The Bertz CT molecular complexity index is 307. The predicted octanol–water partition coefficient (Wildman–Crippen LogP) is 3.77. The molecule has 0 bridgehead atoms. The van der Waals surface area contributed by atoms with E-state index >= 15 is 0 Å². The molecule has 2 nitrogen and oxygen atoms in total. The van der Waals surface area contributed by atoms with E-state index in [1.807, 2.05) is 5.38 Å². The molecule has 15 heavy (non-hydrogen) atoms. The molecule has 0 saturated carbocycles. The topological polar surface area (TPSA) is 26.3 Å². The summed E-state index contributed by atoms with van der Waals surface area (Å²) in [4.78, 5) is 12.9. The van der Waals surface area contributed by atoms with Crippen LogP contribution in [0.25, 0.3) is 0 Å². The summed E-state index contributed by atoms with van der Waals surface area (Å²) in [6.45, 7) is 2.69. The second-order valence-corrected chi connectivity index (χ2v) is 4.79. The van der Waals surface area contributed by atoms with Crippen LogP contribution in [0.2, 0.25) is 0 Å². The maximum absolute atomic E-state index is 11.4. The Kier molecular flexibility index (Phi) is 5.79. The highest BCUT2D eigenvalue weighted by atomic mass is 32.1. The van der Waals surface area contributed by atoms with E-state index in [2.05, 4.69) is 19.6 Å². The second-order valence-electron chi connectivity index (χ2n) is 3.37. The van der Waals surface area contributed by atoms with E-state index in [1.54, 1.807) is 6.07 Å². The molecule has 0 unspecified atom stereocenters. The van der Waals surface area contributed by atoms with Crippen molar-refractivity contribution in [1.29, 1.82) is 0 Å². The smallest absolute Gasteiger partial charge is 0.348 e. The normalized spacial score (nSPS) is 10.3. The molecule has 1 aromatic rings. The summed E-state index contributed by atoms with van der Waals surface area (Å²) in [5, 5.41) is 1.83. The van der Waals surface area contributed by atoms with Crippen molar-refractivity contribution in [1.82, 2.24) is 0 Å². The molecule has 0 aromatic carbocycles. The van der Waals surface area contributed by atoms with Crippen LogP contribution in [0.15, 0.2) is 16.3 Å². The van der Waals surface area contributed by atoms with Gasteiger partial charge in [-0.25, -0.2) is 4.79 Å². The lowest BCUT2D eigenvalue weighted by Crippen LogP contribution is -2.04. The number of thiol groups is 1. The van der Waals surface area contributed by atoms with Gasteiger partial charge in [-0.05, 0) is 12.5 Å².